The van der Waals surface area contributed by atoms with Crippen LogP contribution in [0.25, 0.3) is 21.6 Å². The molecule has 0 aliphatic rings. The summed E-state index contributed by atoms with van der Waals surface area (Å²) in [7, 11) is 0. The zero-order chi connectivity index (χ0) is 19.7. The molecule has 4 aromatic rings. The van der Waals surface area contributed by atoms with Crippen LogP contribution in [0, 0.1) is 13.8 Å². The van der Waals surface area contributed by atoms with Crippen LogP contribution >= 0.6 is 11.3 Å². The summed E-state index contributed by atoms with van der Waals surface area (Å²) >= 11 is 1.43. The van der Waals surface area contributed by atoms with Crippen LogP contribution in [0.15, 0.2) is 48.8 Å². The number of rotatable bonds is 5. The lowest BCUT2D eigenvalue weighted by Gasteiger charge is -2.04. The molecule has 0 aliphatic carbocycles. The normalized spacial score (nSPS) is 11.1. The highest BCUT2D eigenvalue weighted by Crippen LogP contribution is 2.34. The molecule has 3 aromatic heterocycles. The molecule has 0 saturated carbocycles. The average molecular weight is 391 g/mol. The van der Waals surface area contributed by atoms with Gasteiger partial charge in [0.05, 0.1) is 5.69 Å². The molecular formula is C22H22N4OS. The van der Waals surface area contributed by atoms with Crippen LogP contribution in [0.2, 0.25) is 0 Å². The van der Waals surface area contributed by atoms with Crippen LogP contribution in [0.3, 0.4) is 0 Å². The van der Waals surface area contributed by atoms with Crippen molar-refractivity contribution < 1.29 is 4.79 Å². The number of nitrogens with one attached hydrogen (secondary N) is 1. The first kappa shape index (κ1) is 18.4. The summed E-state index contributed by atoms with van der Waals surface area (Å²) in [5, 5.41) is 4.92. The lowest BCUT2D eigenvalue weighted by atomic mass is 10.1. The van der Waals surface area contributed by atoms with Gasteiger partial charge in [-0.05, 0) is 38.5 Å². The van der Waals surface area contributed by atoms with Crippen molar-refractivity contribution in [2.24, 2.45) is 0 Å². The summed E-state index contributed by atoms with van der Waals surface area (Å²) in [6.45, 7) is 7.37. The summed E-state index contributed by atoms with van der Waals surface area (Å²) in [4.78, 5) is 22.5. The highest BCUT2D eigenvalue weighted by Gasteiger charge is 2.19. The Morgan fingerprint density at radius 1 is 1.18 bits per heavy atom. The summed E-state index contributed by atoms with van der Waals surface area (Å²) in [6, 6.07) is 12.2. The van der Waals surface area contributed by atoms with Gasteiger partial charge >= 0.3 is 0 Å². The lowest BCUT2D eigenvalue weighted by Crippen LogP contribution is -2.22. The summed E-state index contributed by atoms with van der Waals surface area (Å²) in [5.74, 6) is -0.0841. The predicted molar refractivity (Wildman–Crippen MR) is 114 cm³/mol. The van der Waals surface area contributed by atoms with E-state index in [1.807, 2.05) is 25.1 Å². The maximum atomic E-state index is 12.7. The van der Waals surface area contributed by atoms with Gasteiger partial charge in [0, 0.05) is 36.4 Å². The first-order chi connectivity index (χ1) is 13.6. The van der Waals surface area contributed by atoms with E-state index in [1.54, 1.807) is 6.20 Å². The van der Waals surface area contributed by atoms with Gasteiger partial charge in [-0.1, -0.05) is 29.8 Å². The Morgan fingerprint density at radius 3 is 2.71 bits per heavy atom. The Balaban J connectivity index is 1.60. The third kappa shape index (κ3) is 3.43. The van der Waals surface area contributed by atoms with E-state index in [-0.39, 0.29) is 5.91 Å². The molecule has 0 saturated heterocycles. The number of aryl methyl sites for hydroxylation is 3. The van der Waals surface area contributed by atoms with Crippen molar-refractivity contribution in [2.75, 3.05) is 0 Å². The summed E-state index contributed by atoms with van der Waals surface area (Å²) in [5.41, 5.74) is 5.01. The molecule has 0 aliphatic heterocycles. The second-order valence-corrected chi connectivity index (χ2v) is 7.80. The number of pyridine rings is 1. The molecular weight excluding hydrogens is 368 g/mol. The highest BCUT2D eigenvalue weighted by molar-refractivity contribution is 7.17. The fourth-order valence-electron chi connectivity index (χ4n) is 3.22. The molecule has 0 radical (unpaired) electrons. The minimum atomic E-state index is -0.0841. The second-order valence-electron chi connectivity index (χ2n) is 6.81. The fourth-order valence-corrected chi connectivity index (χ4v) is 4.23. The van der Waals surface area contributed by atoms with Crippen molar-refractivity contribution in [1.29, 1.82) is 0 Å². The van der Waals surface area contributed by atoms with Crippen molar-refractivity contribution in [1.82, 2.24) is 19.9 Å². The number of hydrogen-bond acceptors (Lipinski definition) is 4. The molecule has 28 heavy (non-hydrogen) atoms. The Bertz CT molecular complexity index is 1140. The summed E-state index contributed by atoms with van der Waals surface area (Å²) in [6.07, 6.45) is 3.87. The first-order valence-corrected chi connectivity index (χ1v) is 10.1. The topological polar surface area (TPSA) is 59.8 Å². The SMILES string of the molecule is CCn1cc(-c2nc(C)c(C(=O)NCc3ccc(C)cc3)s2)c2cccnc21. The maximum absolute atomic E-state index is 12.7. The largest absolute Gasteiger partial charge is 0.347 e. The van der Waals surface area contributed by atoms with Gasteiger partial charge in [-0.3, -0.25) is 4.79 Å². The van der Waals surface area contributed by atoms with Gasteiger partial charge in [-0.2, -0.15) is 0 Å². The van der Waals surface area contributed by atoms with E-state index in [2.05, 4.69) is 58.1 Å². The van der Waals surface area contributed by atoms with Gasteiger partial charge in [0.2, 0.25) is 0 Å². The van der Waals surface area contributed by atoms with Gasteiger partial charge in [0.15, 0.2) is 0 Å². The van der Waals surface area contributed by atoms with Gasteiger partial charge in [-0.15, -0.1) is 11.3 Å². The highest BCUT2D eigenvalue weighted by atomic mass is 32.1. The minimum absolute atomic E-state index is 0.0841. The second kappa shape index (κ2) is 7.56. The van der Waals surface area contributed by atoms with Crippen LogP contribution < -0.4 is 5.32 Å². The maximum Gasteiger partial charge on any atom is 0.263 e. The molecule has 6 heteroatoms. The van der Waals surface area contributed by atoms with E-state index < -0.39 is 0 Å². The molecule has 0 unspecified atom stereocenters. The van der Waals surface area contributed by atoms with Crippen molar-refractivity contribution in [3.05, 3.63) is 70.5 Å². The Morgan fingerprint density at radius 2 is 1.96 bits per heavy atom. The van der Waals surface area contributed by atoms with E-state index in [9.17, 15) is 4.79 Å². The number of carbonyl (C=O) groups is 1. The Labute approximate surface area is 168 Å². The van der Waals surface area contributed by atoms with Crippen LogP contribution in [0.1, 0.15) is 33.4 Å². The molecule has 0 bridgehead atoms. The number of thiazole rings is 1. The lowest BCUT2D eigenvalue weighted by molar-refractivity contribution is 0.0954. The molecule has 4 rings (SSSR count). The number of aromatic nitrogens is 3. The average Bonchev–Trinajstić information content (AvgIpc) is 3.28. The van der Waals surface area contributed by atoms with E-state index in [1.165, 1.54) is 16.9 Å². The van der Waals surface area contributed by atoms with Gasteiger partial charge in [-0.25, -0.2) is 9.97 Å². The third-order valence-corrected chi connectivity index (χ3v) is 5.97. The zero-order valence-corrected chi connectivity index (χ0v) is 17.0. The van der Waals surface area contributed by atoms with Gasteiger partial charge < -0.3 is 9.88 Å². The van der Waals surface area contributed by atoms with Crippen molar-refractivity contribution in [2.45, 2.75) is 33.9 Å². The molecule has 142 valence electrons. The van der Waals surface area contributed by atoms with Crippen LogP contribution in [0.4, 0.5) is 0 Å². The standard InChI is InChI=1S/C22H22N4OS/c1-4-26-13-18(17-6-5-11-23-20(17)26)22-25-15(3)19(28-22)21(27)24-12-16-9-7-14(2)8-10-16/h5-11,13H,4,12H2,1-3H3,(H,24,27). The number of fused-ring (bicyclic) bond motifs is 1. The smallest absolute Gasteiger partial charge is 0.263 e. The van der Waals surface area contributed by atoms with E-state index >= 15 is 0 Å². The van der Waals surface area contributed by atoms with Crippen LogP contribution in [0.5, 0.6) is 0 Å². The van der Waals surface area contributed by atoms with Crippen molar-refractivity contribution in [3.8, 4) is 10.6 Å². The molecule has 3 heterocycles. The number of nitrogens with zero attached hydrogens (tertiary/aromatic N) is 3. The van der Waals surface area contributed by atoms with Crippen LogP contribution in [-0.2, 0) is 13.1 Å². The molecule has 0 atom stereocenters. The molecule has 0 spiro atoms. The number of carbonyl (C=O) groups excluding carboxylic acids is 1. The summed E-state index contributed by atoms with van der Waals surface area (Å²) < 4.78 is 2.11. The molecule has 5 nitrogen and oxygen atoms in total. The Kier molecular flexibility index (Phi) is 4.96. The molecule has 1 amide bonds. The molecule has 1 aromatic carbocycles. The van der Waals surface area contributed by atoms with Crippen molar-refractivity contribution in [3.63, 3.8) is 0 Å². The van der Waals surface area contributed by atoms with Crippen LogP contribution in [-0.4, -0.2) is 20.4 Å². The van der Waals surface area contributed by atoms with Gasteiger partial charge in [0.1, 0.15) is 15.5 Å². The van der Waals surface area contributed by atoms with Gasteiger partial charge in [0.25, 0.3) is 5.91 Å². The third-order valence-electron chi connectivity index (χ3n) is 4.78. The zero-order valence-electron chi connectivity index (χ0n) is 16.2. The van der Waals surface area contributed by atoms with E-state index in [0.717, 1.165) is 39.4 Å². The van der Waals surface area contributed by atoms with E-state index in [4.69, 9.17) is 0 Å². The quantitative estimate of drug-likeness (QED) is 0.536. The fraction of sp³-hybridized carbons (Fsp3) is 0.227. The first-order valence-electron chi connectivity index (χ1n) is 9.32. The number of hydrogen-bond donors (Lipinski definition) is 1. The van der Waals surface area contributed by atoms with E-state index in [0.29, 0.717) is 11.4 Å². The Hall–Kier alpha value is -2.99. The molecule has 0 fully saturated rings. The minimum Gasteiger partial charge on any atom is -0.347 e. The number of benzene rings is 1. The monoisotopic (exact) mass is 390 g/mol. The predicted octanol–water partition coefficient (Wildman–Crippen LogP) is 4.73. The molecule has 1 N–H and O–H groups in total. The number of amides is 1. The van der Waals surface area contributed by atoms with Crippen molar-refractivity contribution >= 4 is 28.3 Å².